The van der Waals surface area contributed by atoms with Crippen LogP contribution in [-0.4, -0.2) is 21.6 Å². The van der Waals surface area contributed by atoms with Crippen molar-refractivity contribution >= 4 is 18.3 Å². The van der Waals surface area contributed by atoms with Gasteiger partial charge in [0, 0.05) is 29.3 Å². The van der Waals surface area contributed by atoms with Crippen LogP contribution in [0, 0.1) is 19.7 Å². The first-order chi connectivity index (χ1) is 13.7. The van der Waals surface area contributed by atoms with Gasteiger partial charge in [-0.15, -0.1) is 0 Å². The Hall–Kier alpha value is -2.50. The Balaban J connectivity index is 2.26. The van der Waals surface area contributed by atoms with Crippen LogP contribution in [-0.2, 0) is 6.42 Å². The molecule has 0 saturated carbocycles. The average Bonchev–Trinajstić information content (AvgIpc) is 3.08. The molecule has 0 bridgehead atoms. The molecule has 0 amide bonds. The van der Waals surface area contributed by atoms with E-state index in [9.17, 15) is 4.39 Å². The standard InChI is InChI=1S/C23H26BF3N2/c1-7-17-13(3)22-21(19-11-9-10-12-20(19)25)23-14(4)18(8-2)16(6)29(23)24(26,27)28(22)15(17)5/h9-12H,7-8H2,1-6H3. The van der Waals surface area contributed by atoms with Crippen LogP contribution in [0.2, 0.25) is 0 Å². The average molecular weight is 398 g/mol. The van der Waals surface area contributed by atoms with E-state index in [4.69, 9.17) is 0 Å². The third-order valence-corrected chi connectivity index (χ3v) is 6.64. The lowest BCUT2D eigenvalue weighted by atomic mass is 9.83. The molecule has 152 valence electrons. The molecule has 2 aliphatic heterocycles. The molecule has 2 aromatic rings. The topological polar surface area (TPSA) is 7.94 Å². The molecule has 29 heavy (non-hydrogen) atoms. The lowest BCUT2D eigenvalue weighted by molar-refractivity contribution is -0.363. The van der Waals surface area contributed by atoms with Crippen molar-refractivity contribution in [2.45, 2.75) is 54.4 Å². The van der Waals surface area contributed by atoms with Crippen molar-refractivity contribution in [3.05, 3.63) is 75.0 Å². The smallest absolute Gasteiger partial charge is 0.393 e. The minimum Gasteiger partial charge on any atom is -0.393 e. The van der Waals surface area contributed by atoms with Gasteiger partial charge in [0.25, 0.3) is 0 Å². The summed E-state index contributed by atoms with van der Waals surface area (Å²) < 4.78 is 49.4. The van der Waals surface area contributed by atoms with Crippen molar-refractivity contribution in [3.63, 3.8) is 0 Å². The number of fused-ring (bicyclic) bond motifs is 2. The Kier molecular flexibility index (Phi) is 4.45. The van der Waals surface area contributed by atoms with E-state index in [1.807, 2.05) is 27.7 Å². The summed E-state index contributed by atoms with van der Waals surface area (Å²) in [4.78, 5) is 0. The highest BCUT2D eigenvalue weighted by Gasteiger charge is 2.56. The second-order valence-electron chi connectivity index (χ2n) is 7.97. The number of halogens is 3. The van der Waals surface area contributed by atoms with E-state index in [0.717, 1.165) is 22.3 Å². The van der Waals surface area contributed by atoms with Crippen LogP contribution in [0.4, 0.5) is 13.0 Å². The minimum absolute atomic E-state index is 0.368. The van der Waals surface area contributed by atoms with E-state index in [1.54, 1.807) is 32.0 Å². The van der Waals surface area contributed by atoms with Gasteiger partial charge in [-0.05, 0) is 56.5 Å². The van der Waals surface area contributed by atoms with Gasteiger partial charge < -0.3 is 17.6 Å². The van der Waals surface area contributed by atoms with Crippen molar-refractivity contribution in [2.24, 2.45) is 0 Å². The van der Waals surface area contributed by atoms with E-state index in [0.29, 0.717) is 46.8 Å². The maximum atomic E-state index is 16.0. The Labute approximate surface area is 170 Å². The molecule has 6 heteroatoms. The highest BCUT2D eigenvalue weighted by Crippen LogP contribution is 2.47. The predicted molar refractivity (Wildman–Crippen MR) is 113 cm³/mol. The molecule has 3 heterocycles. The van der Waals surface area contributed by atoms with Crippen LogP contribution in [0.1, 0.15) is 62.2 Å². The normalized spacial score (nSPS) is 18.0. The van der Waals surface area contributed by atoms with Gasteiger partial charge >= 0.3 is 6.97 Å². The number of rotatable bonds is 3. The summed E-state index contributed by atoms with van der Waals surface area (Å²) in [5.74, 6) is -0.397. The first kappa shape index (κ1) is 19.8. The SMILES string of the molecule is CCC1=C(C)C2=C(c3ccccc3F)c3c(C)c(CC)c(C)n3[B-](F)(F)[N+]2=C1C. The molecule has 0 unspecified atom stereocenters. The molecule has 4 rings (SSSR count). The summed E-state index contributed by atoms with van der Waals surface area (Å²) in [6.45, 7) is 7.13. The van der Waals surface area contributed by atoms with Crippen molar-refractivity contribution in [2.75, 3.05) is 0 Å². The quantitative estimate of drug-likeness (QED) is 0.559. The molecule has 2 aliphatic rings. The van der Waals surface area contributed by atoms with Crippen molar-refractivity contribution < 1.29 is 17.5 Å². The van der Waals surface area contributed by atoms with E-state index in [-0.39, 0.29) is 0 Å². The molecule has 2 nitrogen and oxygen atoms in total. The molecule has 0 aliphatic carbocycles. The Morgan fingerprint density at radius 2 is 1.66 bits per heavy atom. The Morgan fingerprint density at radius 1 is 1.00 bits per heavy atom. The summed E-state index contributed by atoms with van der Waals surface area (Å²) in [6.07, 6.45) is 1.31. The summed E-state index contributed by atoms with van der Waals surface area (Å²) in [7, 11) is 0. The van der Waals surface area contributed by atoms with E-state index >= 15 is 8.63 Å². The number of benzene rings is 1. The monoisotopic (exact) mass is 398 g/mol. The molecule has 0 atom stereocenters. The van der Waals surface area contributed by atoms with Gasteiger partial charge in [0.2, 0.25) is 0 Å². The highest BCUT2D eigenvalue weighted by atomic mass is 19.2. The van der Waals surface area contributed by atoms with Gasteiger partial charge in [0.1, 0.15) is 11.5 Å². The molecule has 0 N–H and O–H groups in total. The molecular formula is C23H26BF3N2. The third kappa shape index (κ3) is 2.41. The van der Waals surface area contributed by atoms with Crippen LogP contribution in [0.15, 0.2) is 41.1 Å². The number of nitrogens with zero attached hydrogens (tertiary/aromatic N) is 2. The summed E-state index contributed by atoms with van der Waals surface area (Å²) >= 11 is 0. The van der Waals surface area contributed by atoms with Crippen LogP contribution in [0.3, 0.4) is 0 Å². The summed E-state index contributed by atoms with van der Waals surface area (Å²) in [5.41, 5.74) is 6.40. The molecule has 1 aromatic heterocycles. The fraction of sp³-hybridized carbons (Fsp3) is 0.348. The molecular weight excluding hydrogens is 372 g/mol. The molecule has 0 spiro atoms. The number of aromatic nitrogens is 1. The molecule has 0 radical (unpaired) electrons. The Morgan fingerprint density at radius 3 is 2.24 bits per heavy atom. The predicted octanol–water partition coefficient (Wildman–Crippen LogP) is 6.02. The van der Waals surface area contributed by atoms with E-state index in [1.165, 1.54) is 15.0 Å². The summed E-state index contributed by atoms with van der Waals surface area (Å²) in [6, 6.07) is 6.48. The van der Waals surface area contributed by atoms with Gasteiger partial charge in [0.15, 0.2) is 5.70 Å². The van der Waals surface area contributed by atoms with Crippen molar-refractivity contribution in [1.29, 1.82) is 0 Å². The van der Waals surface area contributed by atoms with Crippen LogP contribution < -0.4 is 0 Å². The van der Waals surface area contributed by atoms with Crippen molar-refractivity contribution in [1.82, 2.24) is 4.48 Å². The van der Waals surface area contributed by atoms with E-state index < -0.39 is 12.8 Å². The second kappa shape index (κ2) is 6.51. The number of hydrogen-bond donors (Lipinski definition) is 0. The zero-order chi connectivity index (χ0) is 21.2. The maximum Gasteiger partial charge on any atom is 0.737 e. The first-order valence-electron chi connectivity index (χ1n) is 10.2. The zero-order valence-electron chi connectivity index (χ0n) is 17.8. The second-order valence-corrected chi connectivity index (χ2v) is 7.97. The minimum atomic E-state index is -4.08. The van der Waals surface area contributed by atoms with Gasteiger partial charge in [0.05, 0.1) is 5.57 Å². The fourth-order valence-electron chi connectivity index (χ4n) is 5.40. The summed E-state index contributed by atoms with van der Waals surface area (Å²) in [5, 5.41) is 0. The highest BCUT2D eigenvalue weighted by molar-refractivity contribution is 6.58. The van der Waals surface area contributed by atoms with E-state index in [2.05, 4.69) is 0 Å². The fourth-order valence-corrected chi connectivity index (χ4v) is 5.40. The maximum absolute atomic E-state index is 16.0. The lowest BCUT2D eigenvalue weighted by Crippen LogP contribution is -2.51. The number of allylic oxidation sites excluding steroid dienone is 2. The van der Waals surface area contributed by atoms with Gasteiger partial charge in [-0.3, -0.25) is 0 Å². The zero-order valence-corrected chi connectivity index (χ0v) is 17.8. The molecule has 0 saturated heterocycles. The van der Waals surface area contributed by atoms with Crippen LogP contribution in [0.5, 0.6) is 0 Å². The molecule has 1 aromatic carbocycles. The van der Waals surface area contributed by atoms with Crippen LogP contribution in [0.25, 0.3) is 5.57 Å². The lowest BCUT2D eigenvalue weighted by Gasteiger charge is -2.34. The largest absolute Gasteiger partial charge is 0.737 e. The van der Waals surface area contributed by atoms with Crippen molar-refractivity contribution in [3.8, 4) is 0 Å². The van der Waals surface area contributed by atoms with Crippen LogP contribution >= 0.6 is 0 Å². The van der Waals surface area contributed by atoms with Gasteiger partial charge in [-0.1, -0.05) is 32.0 Å². The van der Waals surface area contributed by atoms with Gasteiger partial charge in [-0.2, -0.15) is 0 Å². The Bertz CT molecular complexity index is 1150. The van der Waals surface area contributed by atoms with Gasteiger partial charge in [-0.25, -0.2) is 4.39 Å². The third-order valence-electron chi connectivity index (χ3n) is 6.64. The molecule has 0 fully saturated rings. The first-order valence-corrected chi connectivity index (χ1v) is 10.2. The number of hydrogen-bond acceptors (Lipinski definition) is 0.